The number of ether oxygens (including phenoxy) is 3. The molecule has 0 saturated carbocycles. The largest absolute Gasteiger partial charge is 0.459 e. The van der Waals surface area contributed by atoms with Gasteiger partial charge in [0.05, 0.1) is 6.61 Å². The lowest BCUT2D eigenvalue weighted by Crippen LogP contribution is -2.26. The number of hydrogen-bond acceptors (Lipinski definition) is 6. The highest BCUT2D eigenvalue weighted by molar-refractivity contribution is 9.10. The van der Waals surface area contributed by atoms with E-state index >= 15 is 0 Å². The highest BCUT2D eigenvalue weighted by Crippen LogP contribution is 2.13. The Morgan fingerprint density at radius 2 is 1.24 bits per heavy atom. The summed E-state index contributed by atoms with van der Waals surface area (Å²) >= 11 is 9.76. The zero-order valence-corrected chi connectivity index (χ0v) is 27.2. The first-order valence-electron chi connectivity index (χ1n) is 11.8. The number of aliphatic hydroxyl groups excluding tert-OH is 1. The molecule has 0 heterocycles. The lowest BCUT2D eigenvalue weighted by atomic mass is 10.2. The molecule has 2 aromatic carbocycles. The predicted molar refractivity (Wildman–Crippen MR) is 159 cm³/mol. The number of carbonyl (C=O) groups excluding carboxylic acids is 2. The SMILES string of the molecule is CC(C)(C)OC(=O)CBr.CC(C)(C)OC(=O)COCCc1cccc(Br)c1.OCCc1cccc(Br)c1. The molecule has 6 nitrogen and oxygen atoms in total. The number of alkyl halides is 1. The van der Waals surface area contributed by atoms with E-state index in [0.29, 0.717) is 6.61 Å². The standard InChI is InChI=1S/C14H19BrO3.C8H9BrO.C6H11BrO2/c1-14(2,3)18-13(16)10-17-8-7-11-5-4-6-12(15)9-11;9-8-3-1-2-7(6-8)4-5-10;1-6(2,3)9-5(8)4-7/h4-6,9H,7-8,10H2,1-3H3;1-3,6,10H,4-5H2;4H2,1-3H3. The van der Waals surface area contributed by atoms with E-state index in [4.69, 9.17) is 19.3 Å². The predicted octanol–water partition coefficient (Wildman–Crippen LogP) is 7.06. The van der Waals surface area contributed by atoms with Gasteiger partial charge in [0.2, 0.25) is 0 Å². The minimum atomic E-state index is -0.454. The Morgan fingerprint density at radius 1 is 0.784 bits per heavy atom. The van der Waals surface area contributed by atoms with Crippen molar-refractivity contribution >= 4 is 59.7 Å². The first-order valence-corrected chi connectivity index (χ1v) is 14.5. The van der Waals surface area contributed by atoms with Gasteiger partial charge < -0.3 is 19.3 Å². The Balaban J connectivity index is 0.000000577. The number of rotatable bonds is 8. The molecule has 0 aliphatic heterocycles. The summed E-state index contributed by atoms with van der Waals surface area (Å²) in [6.07, 6.45) is 1.52. The van der Waals surface area contributed by atoms with Gasteiger partial charge >= 0.3 is 11.9 Å². The molecule has 0 spiro atoms. The topological polar surface area (TPSA) is 82.1 Å². The van der Waals surface area contributed by atoms with Gasteiger partial charge in [-0.1, -0.05) is 72.1 Å². The van der Waals surface area contributed by atoms with Crippen LogP contribution < -0.4 is 0 Å². The third kappa shape index (κ3) is 22.4. The van der Waals surface area contributed by atoms with E-state index in [2.05, 4.69) is 47.8 Å². The van der Waals surface area contributed by atoms with Crippen molar-refractivity contribution in [3.8, 4) is 0 Å². The van der Waals surface area contributed by atoms with Crippen LogP contribution in [0, 0.1) is 0 Å². The number of halogens is 3. The number of hydrogen-bond donors (Lipinski definition) is 1. The molecule has 0 unspecified atom stereocenters. The van der Waals surface area contributed by atoms with E-state index in [9.17, 15) is 9.59 Å². The van der Waals surface area contributed by atoms with E-state index in [-0.39, 0.29) is 36.1 Å². The van der Waals surface area contributed by atoms with Gasteiger partial charge in [-0.15, -0.1) is 0 Å². The molecule has 208 valence electrons. The molecule has 0 saturated heterocycles. The van der Waals surface area contributed by atoms with Gasteiger partial charge in [0.15, 0.2) is 0 Å². The highest BCUT2D eigenvalue weighted by Gasteiger charge is 2.16. The van der Waals surface area contributed by atoms with Gasteiger partial charge in [-0.2, -0.15) is 0 Å². The molecule has 0 radical (unpaired) electrons. The first-order chi connectivity index (χ1) is 17.1. The molecule has 0 atom stereocenters. The van der Waals surface area contributed by atoms with Crippen LogP contribution in [-0.4, -0.2) is 53.4 Å². The van der Waals surface area contributed by atoms with Crippen LogP contribution in [0.25, 0.3) is 0 Å². The third-order valence-corrected chi connectivity index (χ3v) is 5.33. The number of carbonyl (C=O) groups is 2. The summed E-state index contributed by atoms with van der Waals surface area (Å²) in [5.41, 5.74) is 1.53. The fraction of sp³-hybridized carbons (Fsp3) is 0.500. The second-order valence-electron chi connectivity index (χ2n) is 9.84. The minimum absolute atomic E-state index is 0.00523. The minimum Gasteiger partial charge on any atom is -0.459 e. The van der Waals surface area contributed by atoms with Gasteiger partial charge in [-0.3, -0.25) is 4.79 Å². The summed E-state index contributed by atoms with van der Waals surface area (Å²) in [5.74, 6) is -0.542. The lowest BCUT2D eigenvalue weighted by molar-refractivity contribution is -0.160. The van der Waals surface area contributed by atoms with Crippen LogP contribution >= 0.6 is 47.8 Å². The summed E-state index contributed by atoms with van der Waals surface area (Å²) in [6, 6.07) is 16.0. The summed E-state index contributed by atoms with van der Waals surface area (Å²) < 4.78 is 17.5. The van der Waals surface area contributed by atoms with Crippen LogP contribution in [0.15, 0.2) is 57.5 Å². The Kier molecular flexibility index (Phi) is 18.3. The van der Waals surface area contributed by atoms with Crippen molar-refractivity contribution in [3.05, 3.63) is 68.6 Å². The Bertz CT molecular complexity index is 936. The average molecular weight is 711 g/mol. The smallest absolute Gasteiger partial charge is 0.332 e. The average Bonchev–Trinajstić information content (AvgIpc) is 2.76. The van der Waals surface area contributed by atoms with E-state index in [1.165, 1.54) is 5.56 Å². The number of benzene rings is 2. The van der Waals surface area contributed by atoms with E-state index in [0.717, 1.165) is 27.4 Å². The molecule has 0 amide bonds. The molecule has 1 N–H and O–H groups in total. The van der Waals surface area contributed by atoms with Crippen LogP contribution in [0.5, 0.6) is 0 Å². The maximum atomic E-state index is 11.4. The summed E-state index contributed by atoms with van der Waals surface area (Å²) in [4.78, 5) is 21.9. The second-order valence-corrected chi connectivity index (χ2v) is 12.2. The van der Waals surface area contributed by atoms with Gasteiger partial charge in [0.25, 0.3) is 0 Å². The van der Waals surface area contributed by atoms with Crippen molar-refractivity contribution < 1.29 is 28.9 Å². The van der Waals surface area contributed by atoms with Crippen molar-refractivity contribution in [2.75, 3.05) is 25.2 Å². The van der Waals surface area contributed by atoms with Gasteiger partial charge in [-0.05, 0) is 89.8 Å². The van der Waals surface area contributed by atoms with Gasteiger partial charge in [0, 0.05) is 15.6 Å². The Morgan fingerprint density at radius 3 is 1.62 bits per heavy atom. The fourth-order valence-corrected chi connectivity index (χ4v) is 3.61. The zero-order chi connectivity index (χ0) is 28.5. The van der Waals surface area contributed by atoms with Crippen LogP contribution in [0.4, 0.5) is 0 Å². The van der Waals surface area contributed by atoms with Crippen LogP contribution in [0.3, 0.4) is 0 Å². The zero-order valence-electron chi connectivity index (χ0n) is 22.5. The van der Waals surface area contributed by atoms with Crippen molar-refractivity contribution in [2.24, 2.45) is 0 Å². The van der Waals surface area contributed by atoms with Crippen molar-refractivity contribution in [3.63, 3.8) is 0 Å². The molecular formula is C28H39Br3O6. The molecular weight excluding hydrogens is 672 g/mol. The highest BCUT2D eigenvalue weighted by atomic mass is 79.9. The van der Waals surface area contributed by atoms with Crippen molar-refractivity contribution in [1.82, 2.24) is 0 Å². The monoisotopic (exact) mass is 708 g/mol. The van der Waals surface area contributed by atoms with Crippen LogP contribution in [0.1, 0.15) is 52.7 Å². The molecule has 37 heavy (non-hydrogen) atoms. The number of aliphatic hydroxyl groups is 1. The Labute approximate surface area is 246 Å². The quantitative estimate of drug-likeness (QED) is 0.180. The van der Waals surface area contributed by atoms with Crippen molar-refractivity contribution in [1.29, 1.82) is 0 Å². The normalized spacial score (nSPS) is 10.9. The van der Waals surface area contributed by atoms with E-state index < -0.39 is 5.60 Å². The van der Waals surface area contributed by atoms with Gasteiger partial charge in [0.1, 0.15) is 23.1 Å². The molecule has 0 aliphatic rings. The number of esters is 2. The maximum Gasteiger partial charge on any atom is 0.332 e. The summed E-state index contributed by atoms with van der Waals surface area (Å²) in [5, 5.41) is 8.86. The van der Waals surface area contributed by atoms with Crippen molar-refractivity contribution in [2.45, 2.75) is 65.6 Å². The maximum absolute atomic E-state index is 11.4. The fourth-order valence-electron chi connectivity index (χ4n) is 2.60. The molecule has 2 aromatic rings. The molecule has 0 bridgehead atoms. The molecule has 9 heteroatoms. The van der Waals surface area contributed by atoms with Crippen LogP contribution in [0.2, 0.25) is 0 Å². The molecule has 0 aliphatic carbocycles. The molecule has 0 aromatic heterocycles. The van der Waals surface area contributed by atoms with E-state index in [1.54, 1.807) is 0 Å². The Hall–Kier alpha value is -1.26. The second kappa shape index (κ2) is 18.9. The molecule has 2 rings (SSSR count). The van der Waals surface area contributed by atoms with Crippen LogP contribution in [-0.2, 0) is 36.6 Å². The van der Waals surface area contributed by atoms with E-state index in [1.807, 2.05) is 90.1 Å². The lowest BCUT2D eigenvalue weighted by Gasteiger charge is -2.19. The van der Waals surface area contributed by atoms with Gasteiger partial charge in [-0.25, -0.2) is 4.79 Å². The molecule has 0 fully saturated rings. The first kappa shape index (κ1) is 35.7. The summed E-state index contributed by atoms with van der Waals surface area (Å²) in [7, 11) is 0. The third-order valence-electron chi connectivity index (χ3n) is 3.88. The summed E-state index contributed by atoms with van der Waals surface area (Å²) in [6.45, 7) is 11.8.